The van der Waals surface area contributed by atoms with Crippen molar-refractivity contribution in [3.8, 4) is 0 Å². The summed E-state index contributed by atoms with van der Waals surface area (Å²) in [6, 6.07) is 2.35. The van der Waals surface area contributed by atoms with Crippen LogP contribution in [0.3, 0.4) is 0 Å². The molecule has 5 rings (SSSR count). The Labute approximate surface area is 320 Å². The van der Waals surface area contributed by atoms with Crippen molar-refractivity contribution in [1.82, 2.24) is 31.1 Å². The lowest BCUT2D eigenvalue weighted by Crippen LogP contribution is -2.61. The number of benzene rings is 1. The Balaban J connectivity index is 1.35. The number of alkyl halides is 3. The highest BCUT2D eigenvalue weighted by Gasteiger charge is 2.70. The number of Topliss-reactive ketones (excluding diaryl/α,β-unsaturated/α-hetero) is 1. The van der Waals surface area contributed by atoms with Crippen molar-refractivity contribution in [2.24, 2.45) is 28.6 Å². The van der Waals surface area contributed by atoms with Gasteiger partial charge in [0.25, 0.3) is 11.8 Å². The molecule has 2 aliphatic heterocycles. The van der Waals surface area contributed by atoms with Crippen LogP contribution in [0.2, 0.25) is 0 Å². The molecule has 4 N–H and O–H groups in total. The van der Waals surface area contributed by atoms with Crippen LogP contribution in [-0.2, 0) is 25.7 Å². The van der Waals surface area contributed by atoms with Gasteiger partial charge >= 0.3 is 12.2 Å². The van der Waals surface area contributed by atoms with Gasteiger partial charge in [-0.05, 0) is 59.5 Å². The highest BCUT2D eigenvalue weighted by molar-refractivity contribution is 6.38. The summed E-state index contributed by atoms with van der Waals surface area (Å²) in [6.45, 7) is 13.9. The molecule has 0 aromatic heterocycles. The van der Waals surface area contributed by atoms with Gasteiger partial charge in [0.15, 0.2) is 0 Å². The van der Waals surface area contributed by atoms with Gasteiger partial charge in [0.05, 0.1) is 12.1 Å². The molecular weight excluding hydrogens is 717 g/mol. The lowest BCUT2D eigenvalue weighted by atomic mass is 9.83. The number of likely N-dealkylation sites (tertiary alicyclic amines) is 1. The Kier molecular flexibility index (Phi) is 12.4. The van der Waals surface area contributed by atoms with Crippen molar-refractivity contribution in [2.45, 2.75) is 116 Å². The van der Waals surface area contributed by atoms with Crippen molar-refractivity contribution >= 4 is 35.4 Å². The van der Waals surface area contributed by atoms with Crippen LogP contribution in [-0.4, -0.2) is 95.2 Å². The van der Waals surface area contributed by atoms with Gasteiger partial charge in [-0.25, -0.2) is 4.79 Å². The molecule has 2 saturated carbocycles. The molecule has 6 amide bonds. The highest BCUT2D eigenvalue weighted by atomic mass is 19.4. The standard InChI is InChI=1S/C40H55F3N6O6/c1-7-19-44-34(52)32(50)27(17-18-40(41,42)43)45-33(51)31-29-26(39(29,5)6)21-49(31)36(54)30(23-13-9-8-10-14-23)47-37(55)46-28(38(2,3)4)22-48-20-24-15-11-12-16-25(24)35(48)53/h7,11-12,15-16,23,26-31H,1,8-10,13-14,17-22H2,2-6H3,(H,44,52)(H,45,51)(H2,46,47,55)/t26-,27?,28+,29-,30-,31-/m0/s1. The van der Waals surface area contributed by atoms with Gasteiger partial charge in [-0.15, -0.1) is 6.58 Å². The average Bonchev–Trinajstić information content (AvgIpc) is 3.40. The van der Waals surface area contributed by atoms with E-state index in [1.807, 2.05) is 52.8 Å². The van der Waals surface area contributed by atoms with E-state index in [9.17, 15) is 41.9 Å². The van der Waals surface area contributed by atoms with Crippen LogP contribution in [0.4, 0.5) is 18.0 Å². The number of nitrogens with one attached hydrogen (secondary N) is 4. The summed E-state index contributed by atoms with van der Waals surface area (Å²) in [7, 11) is 0. The number of carbonyl (C=O) groups is 6. The number of ketones is 1. The molecule has 1 unspecified atom stereocenters. The van der Waals surface area contributed by atoms with Gasteiger partial charge < -0.3 is 31.1 Å². The molecule has 302 valence electrons. The van der Waals surface area contributed by atoms with Crippen molar-refractivity contribution in [2.75, 3.05) is 19.6 Å². The van der Waals surface area contributed by atoms with Gasteiger partial charge in [-0.2, -0.15) is 13.2 Å². The molecule has 1 aromatic carbocycles. The Morgan fingerprint density at radius 3 is 2.29 bits per heavy atom. The molecule has 2 heterocycles. The van der Waals surface area contributed by atoms with E-state index in [0.717, 1.165) is 24.8 Å². The van der Waals surface area contributed by atoms with E-state index in [4.69, 9.17) is 0 Å². The molecule has 0 radical (unpaired) electrons. The van der Waals surface area contributed by atoms with E-state index in [2.05, 4.69) is 27.8 Å². The Morgan fingerprint density at radius 2 is 1.67 bits per heavy atom. The van der Waals surface area contributed by atoms with Crippen LogP contribution in [0.5, 0.6) is 0 Å². The van der Waals surface area contributed by atoms with Crippen molar-refractivity contribution in [3.05, 3.63) is 48.0 Å². The van der Waals surface area contributed by atoms with Gasteiger partial charge in [-0.3, -0.25) is 24.0 Å². The number of urea groups is 1. The molecule has 1 saturated heterocycles. The minimum Gasteiger partial charge on any atom is -0.346 e. The molecule has 15 heteroatoms. The van der Waals surface area contributed by atoms with Gasteiger partial charge in [0.2, 0.25) is 17.6 Å². The number of piperidine rings is 1. The monoisotopic (exact) mass is 772 g/mol. The number of hydrogen-bond donors (Lipinski definition) is 4. The average molecular weight is 773 g/mol. The first kappa shape index (κ1) is 41.7. The number of hydrogen-bond acceptors (Lipinski definition) is 6. The van der Waals surface area contributed by atoms with E-state index >= 15 is 0 Å². The summed E-state index contributed by atoms with van der Waals surface area (Å²) < 4.78 is 39.9. The number of rotatable bonds is 14. The largest absolute Gasteiger partial charge is 0.389 e. The topological polar surface area (TPSA) is 157 Å². The van der Waals surface area contributed by atoms with Crippen molar-refractivity contribution in [3.63, 3.8) is 0 Å². The third-order valence-electron chi connectivity index (χ3n) is 12.1. The van der Waals surface area contributed by atoms with Crippen molar-refractivity contribution < 1.29 is 41.9 Å². The van der Waals surface area contributed by atoms with Crippen LogP contribution in [0.15, 0.2) is 36.9 Å². The quantitative estimate of drug-likeness (QED) is 0.161. The van der Waals surface area contributed by atoms with Gasteiger partial charge in [-0.1, -0.05) is 78.2 Å². The number of amides is 6. The van der Waals surface area contributed by atoms with Crippen LogP contribution in [0.25, 0.3) is 0 Å². The molecule has 0 bridgehead atoms. The van der Waals surface area contributed by atoms with Gasteiger partial charge in [0, 0.05) is 38.2 Å². The fourth-order valence-electron chi connectivity index (χ4n) is 8.64. The maximum atomic E-state index is 14.7. The lowest BCUT2D eigenvalue weighted by molar-refractivity contribution is -0.147. The minimum absolute atomic E-state index is 0.0966. The fraction of sp³-hybridized carbons (Fsp3) is 0.650. The van der Waals surface area contributed by atoms with Crippen LogP contribution >= 0.6 is 0 Å². The first-order valence-corrected chi connectivity index (χ1v) is 19.3. The SMILES string of the molecule is C=CCNC(=O)C(=O)C(CCC(F)(F)F)NC(=O)[C@@H]1[C@@H]2[C@H](CN1C(=O)[C@@H](NC(=O)N[C@H](CN1Cc3ccccc3C1=O)C(C)(C)C)C1CCCCC1)C2(C)C. The predicted octanol–water partition coefficient (Wildman–Crippen LogP) is 4.49. The first-order chi connectivity index (χ1) is 25.7. The summed E-state index contributed by atoms with van der Waals surface area (Å²) >= 11 is 0. The Hall–Kier alpha value is -4.43. The maximum Gasteiger partial charge on any atom is 0.389 e. The molecule has 12 nitrogen and oxygen atoms in total. The Morgan fingerprint density at radius 1 is 1.00 bits per heavy atom. The molecule has 2 aliphatic carbocycles. The third kappa shape index (κ3) is 9.52. The maximum absolute atomic E-state index is 14.7. The smallest absolute Gasteiger partial charge is 0.346 e. The second kappa shape index (κ2) is 16.4. The zero-order valence-corrected chi connectivity index (χ0v) is 32.4. The lowest BCUT2D eigenvalue weighted by Gasteiger charge is -2.38. The first-order valence-electron chi connectivity index (χ1n) is 19.3. The summed E-state index contributed by atoms with van der Waals surface area (Å²) in [4.78, 5) is 84.5. The van der Waals surface area contributed by atoms with Crippen molar-refractivity contribution in [1.29, 1.82) is 0 Å². The second-order valence-electron chi connectivity index (χ2n) is 17.2. The molecule has 3 fully saturated rings. The minimum atomic E-state index is -4.65. The molecule has 6 atom stereocenters. The number of carbonyl (C=O) groups excluding carboxylic acids is 6. The summed E-state index contributed by atoms with van der Waals surface area (Å²) in [5, 5.41) is 10.6. The fourth-order valence-corrected chi connectivity index (χ4v) is 8.64. The van der Waals surface area contributed by atoms with Crippen LogP contribution < -0.4 is 21.3 Å². The summed E-state index contributed by atoms with van der Waals surface area (Å²) in [5.74, 6) is -4.49. The molecule has 1 aromatic rings. The predicted molar refractivity (Wildman–Crippen MR) is 198 cm³/mol. The zero-order valence-electron chi connectivity index (χ0n) is 32.4. The van der Waals surface area contributed by atoms with E-state index in [0.29, 0.717) is 24.9 Å². The van der Waals surface area contributed by atoms with E-state index < -0.39 is 78.1 Å². The van der Waals surface area contributed by atoms with Crippen LogP contribution in [0.1, 0.15) is 95.5 Å². The summed E-state index contributed by atoms with van der Waals surface area (Å²) in [6.07, 6.45) is -1.63. The number of halogens is 3. The van der Waals surface area contributed by atoms with E-state index in [-0.39, 0.29) is 48.7 Å². The van der Waals surface area contributed by atoms with E-state index in [1.165, 1.54) is 11.0 Å². The molecule has 4 aliphatic rings. The third-order valence-corrected chi connectivity index (χ3v) is 12.1. The molecule has 0 spiro atoms. The van der Waals surface area contributed by atoms with Gasteiger partial charge in [0.1, 0.15) is 12.1 Å². The number of fused-ring (bicyclic) bond motifs is 2. The van der Waals surface area contributed by atoms with Crippen LogP contribution in [0, 0.1) is 28.6 Å². The van der Waals surface area contributed by atoms with E-state index in [1.54, 1.807) is 11.0 Å². The Bertz CT molecular complexity index is 1670. The highest BCUT2D eigenvalue weighted by Crippen LogP contribution is 2.65. The zero-order chi connectivity index (χ0) is 40.5. The number of nitrogens with zero attached hydrogens (tertiary/aromatic N) is 2. The molecular formula is C40H55F3N6O6. The summed E-state index contributed by atoms with van der Waals surface area (Å²) in [5.41, 5.74) is 0.679. The second-order valence-corrected chi connectivity index (χ2v) is 17.2. The molecule has 55 heavy (non-hydrogen) atoms. The normalized spacial score (nSPS) is 23.5.